The standard InChI is InChI=1S/C17H17Br2N3O2/c1-10-6-14(18)17(15(19)7-10)24-9-16(23)22-21-11(2)12-4-3-5-13(20)8-12/h3-8H,9,20H2,1-2H3,(H,22,23)/b21-11-. The van der Waals surface area contributed by atoms with Crippen molar-refractivity contribution in [3.8, 4) is 5.75 Å². The van der Waals surface area contributed by atoms with Crippen molar-refractivity contribution in [2.24, 2.45) is 5.10 Å². The molecule has 126 valence electrons. The molecule has 0 aliphatic rings. The highest BCUT2D eigenvalue weighted by Crippen LogP contribution is 2.34. The number of nitrogens with zero attached hydrogens (tertiary/aromatic N) is 1. The average molecular weight is 455 g/mol. The molecule has 0 saturated heterocycles. The minimum atomic E-state index is -0.349. The molecule has 0 heterocycles. The summed E-state index contributed by atoms with van der Waals surface area (Å²) in [7, 11) is 0. The predicted octanol–water partition coefficient (Wildman–Crippen LogP) is 4.02. The van der Waals surface area contributed by atoms with Crippen molar-refractivity contribution in [1.29, 1.82) is 0 Å². The molecular weight excluding hydrogens is 438 g/mol. The second-order valence-corrected chi connectivity index (χ2v) is 6.91. The maximum absolute atomic E-state index is 11.9. The first-order valence-corrected chi connectivity index (χ1v) is 8.73. The van der Waals surface area contributed by atoms with Crippen LogP contribution in [-0.2, 0) is 4.79 Å². The Labute approximate surface area is 157 Å². The van der Waals surface area contributed by atoms with Crippen LogP contribution in [0.3, 0.4) is 0 Å². The van der Waals surface area contributed by atoms with Gasteiger partial charge in [-0.05, 0) is 81.1 Å². The summed E-state index contributed by atoms with van der Waals surface area (Å²) in [6, 6.07) is 11.1. The van der Waals surface area contributed by atoms with Crippen LogP contribution in [0, 0.1) is 6.92 Å². The fraction of sp³-hybridized carbons (Fsp3) is 0.176. The zero-order valence-corrected chi connectivity index (χ0v) is 16.4. The average Bonchev–Trinajstić information content (AvgIpc) is 2.51. The number of halogens is 2. The molecule has 0 bridgehead atoms. The number of nitrogens with two attached hydrogens (primary N) is 1. The van der Waals surface area contributed by atoms with Crippen molar-refractivity contribution < 1.29 is 9.53 Å². The van der Waals surface area contributed by atoms with E-state index >= 15 is 0 Å². The number of nitrogen functional groups attached to an aromatic ring is 1. The van der Waals surface area contributed by atoms with Crippen LogP contribution in [0.15, 0.2) is 50.4 Å². The van der Waals surface area contributed by atoms with Crippen molar-refractivity contribution in [1.82, 2.24) is 5.43 Å². The zero-order valence-electron chi connectivity index (χ0n) is 13.3. The van der Waals surface area contributed by atoms with Crippen LogP contribution in [0.5, 0.6) is 5.75 Å². The van der Waals surface area contributed by atoms with Gasteiger partial charge in [0.25, 0.3) is 5.91 Å². The Morgan fingerprint density at radius 3 is 2.54 bits per heavy atom. The number of nitrogens with one attached hydrogen (secondary N) is 1. The Hall–Kier alpha value is -1.86. The summed E-state index contributed by atoms with van der Waals surface area (Å²) in [6.45, 7) is 3.62. The SMILES string of the molecule is C/C(=N/NC(=O)COc1c(Br)cc(C)cc1Br)c1cccc(N)c1. The lowest BCUT2D eigenvalue weighted by Gasteiger charge is -2.10. The van der Waals surface area contributed by atoms with Gasteiger partial charge in [-0.25, -0.2) is 5.43 Å². The normalized spacial score (nSPS) is 11.2. The van der Waals surface area contributed by atoms with Gasteiger partial charge in [-0.1, -0.05) is 12.1 Å². The molecular formula is C17H17Br2N3O2. The molecule has 0 saturated carbocycles. The molecule has 2 aromatic rings. The number of carbonyl (C=O) groups excluding carboxylic acids is 1. The van der Waals surface area contributed by atoms with E-state index < -0.39 is 0 Å². The van der Waals surface area contributed by atoms with E-state index in [0.29, 0.717) is 17.1 Å². The molecule has 0 radical (unpaired) electrons. The summed E-state index contributed by atoms with van der Waals surface area (Å²) < 4.78 is 7.10. The highest BCUT2D eigenvalue weighted by atomic mass is 79.9. The fourth-order valence-corrected chi connectivity index (χ4v) is 3.61. The van der Waals surface area contributed by atoms with Gasteiger partial charge in [0, 0.05) is 5.69 Å². The first-order chi connectivity index (χ1) is 11.4. The molecule has 0 aromatic heterocycles. The summed E-state index contributed by atoms with van der Waals surface area (Å²) in [5.74, 6) is 0.227. The lowest BCUT2D eigenvalue weighted by molar-refractivity contribution is -0.123. The quantitative estimate of drug-likeness (QED) is 0.407. The number of hydrazone groups is 1. The van der Waals surface area contributed by atoms with Crippen LogP contribution >= 0.6 is 31.9 Å². The van der Waals surface area contributed by atoms with Gasteiger partial charge < -0.3 is 10.5 Å². The van der Waals surface area contributed by atoms with Crippen molar-refractivity contribution in [3.05, 3.63) is 56.5 Å². The van der Waals surface area contributed by atoms with Gasteiger partial charge >= 0.3 is 0 Å². The van der Waals surface area contributed by atoms with E-state index in [4.69, 9.17) is 10.5 Å². The number of hydrogen-bond donors (Lipinski definition) is 2. The Morgan fingerprint density at radius 1 is 1.25 bits per heavy atom. The van der Waals surface area contributed by atoms with Gasteiger partial charge in [0.1, 0.15) is 5.75 Å². The molecule has 24 heavy (non-hydrogen) atoms. The third-order valence-corrected chi connectivity index (χ3v) is 4.32. The van der Waals surface area contributed by atoms with Gasteiger partial charge in [0.05, 0.1) is 14.7 Å². The fourth-order valence-electron chi connectivity index (χ4n) is 1.97. The van der Waals surface area contributed by atoms with Crippen LogP contribution in [0.1, 0.15) is 18.1 Å². The highest BCUT2D eigenvalue weighted by Gasteiger charge is 2.10. The third-order valence-electron chi connectivity index (χ3n) is 3.14. The molecule has 0 aliphatic carbocycles. The molecule has 5 nitrogen and oxygen atoms in total. The number of aryl methyl sites for hydroxylation is 1. The predicted molar refractivity (Wildman–Crippen MR) is 103 cm³/mol. The Bertz CT molecular complexity index is 768. The lowest BCUT2D eigenvalue weighted by atomic mass is 10.1. The van der Waals surface area contributed by atoms with Crippen LogP contribution in [0.25, 0.3) is 0 Å². The summed E-state index contributed by atoms with van der Waals surface area (Å²) in [5, 5.41) is 4.06. The first-order valence-electron chi connectivity index (χ1n) is 7.14. The van der Waals surface area contributed by atoms with Crippen LogP contribution in [0.2, 0.25) is 0 Å². The van der Waals surface area contributed by atoms with Gasteiger partial charge in [-0.15, -0.1) is 0 Å². The Morgan fingerprint density at radius 2 is 1.92 bits per heavy atom. The van der Waals surface area contributed by atoms with E-state index in [1.165, 1.54) is 0 Å². The third kappa shape index (κ3) is 5.07. The smallest absolute Gasteiger partial charge is 0.277 e. The second-order valence-electron chi connectivity index (χ2n) is 5.20. The number of hydrogen-bond acceptors (Lipinski definition) is 4. The van der Waals surface area contributed by atoms with Crippen LogP contribution < -0.4 is 15.9 Å². The van der Waals surface area contributed by atoms with Gasteiger partial charge in [-0.3, -0.25) is 4.79 Å². The minimum Gasteiger partial charge on any atom is -0.481 e. The largest absolute Gasteiger partial charge is 0.481 e. The zero-order chi connectivity index (χ0) is 17.7. The Balaban J connectivity index is 1.96. The number of ether oxygens (including phenoxy) is 1. The molecule has 0 atom stereocenters. The topological polar surface area (TPSA) is 76.7 Å². The summed E-state index contributed by atoms with van der Waals surface area (Å²) >= 11 is 6.84. The molecule has 2 aromatic carbocycles. The van der Waals surface area contributed by atoms with E-state index in [0.717, 1.165) is 20.1 Å². The number of carbonyl (C=O) groups is 1. The molecule has 0 aliphatic heterocycles. The molecule has 2 rings (SSSR count). The Kier molecular flexibility index (Phi) is 6.39. The molecule has 7 heteroatoms. The number of benzene rings is 2. The lowest BCUT2D eigenvalue weighted by Crippen LogP contribution is -2.25. The summed E-state index contributed by atoms with van der Waals surface area (Å²) in [6.07, 6.45) is 0. The number of rotatable bonds is 5. The van der Waals surface area contributed by atoms with Crippen molar-refractivity contribution in [3.63, 3.8) is 0 Å². The van der Waals surface area contributed by atoms with E-state index in [1.54, 1.807) is 19.1 Å². The molecule has 0 spiro atoms. The van der Waals surface area contributed by atoms with Crippen molar-refractivity contribution in [2.45, 2.75) is 13.8 Å². The number of amides is 1. The van der Waals surface area contributed by atoms with Gasteiger partial charge in [0.2, 0.25) is 0 Å². The summed E-state index contributed by atoms with van der Waals surface area (Å²) in [5.41, 5.74) is 11.4. The van der Waals surface area contributed by atoms with E-state index in [1.807, 2.05) is 31.2 Å². The van der Waals surface area contributed by atoms with E-state index in [-0.39, 0.29) is 12.5 Å². The van der Waals surface area contributed by atoms with Gasteiger partial charge in [-0.2, -0.15) is 5.10 Å². The van der Waals surface area contributed by atoms with Crippen molar-refractivity contribution in [2.75, 3.05) is 12.3 Å². The monoisotopic (exact) mass is 453 g/mol. The van der Waals surface area contributed by atoms with Gasteiger partial charge in [0.15, 0.2) is 6.61 Å². The van der Waals surface area contributed by atoms with E-state index in [9.17, 15) is 4.79 Å². The molecule has 0 fully saturated rings. The van der Waals surface area contributed by atoms with Crippen LogP contribution in [-0.4, -0.2) is 18.2 Å². The van der Waals surface area contributed by atoms with Crippen LogP contribution in [0.4, 0.5) is 5.69 Å². The molecule has 1 amide bonds. The maximum atomic E-state index is 11.9. The second kappa shape index (κ2) is 8.30. The van der Waals surface area contributed by atoms with E-state index in [2.05, 4.69) is 42.4 Å². The molecule has 0 unspecified atom stereocenters. The first kappa shape index (κ1) is 18.5. The number of anilines is 1. The van der Waals surface area contributed by atoms with Crippen molar-refractivity contribution >= 4 is 49.2 Å². The molecule has 3 N–H and O–H groups in total. The summed E-state index contributed by atoms with van der Waals surface area (Å²) in [4.78, 5) is 11.9. The maximum Gasteiger partial charge on any atom is 0.277 e. The highest BCUT2D eigenvalue weighted by molar-refractivity contribution is 9.11. The minimum absolute atomic E-state index is 0.145.